The fraction of sp³-hybridized carbons (Fsp3) is 0.500. The summed E-state index contributed by atoms with van der Waals surface area (Å²) < 4.78 is 32.3. The SMILES string of the molecule is CCNc1c(F)cc(C(=O)N(C)CC(O)COC)cc1F. The summed E-state index contributed by atoms with van der Waals surface area (Å²) >= 11 is 0. The van der Waals surface area contributed by atoms with Gasteiger partial charge in [0.2, 0.25) is 0 Å². The van der Waals surface area contributed by atoms with Crippen LogP contribution < -0.4 is 5.32 Å². The number of hydrogen-bond donors (Lipinski definition) is 2. The van der Waals surface area contributed by atoms with E-state index in [1.54, 1.807) is 6.92 Å². The number of nitrogens with zero attached hydrogens (tertiary/aromatic N) is 1. The molecular weight excluding hydrogens is 282 g/mol. The van der Waals surface area contributed by atoms with Gasteiger partial charge in [0.1, 0.15) is 17.3 Å². The number of hydrogen-bond acceptors (Lipinski definition) is 4. The highest BCUT2D eigenvalue weighted by molar-refractivity contribution is 5.94. The molecule has 1 amide bonds. The number of likely N-dealkylation sites (N-methyl/N-ethyl adjacent to an activating group) is 1. The third-order valence-corrected chi connectivity index (χ3v) is 2.83. The number of carbonyl (C=O) groups excluding carboxylic acids is 1. The van der Waals surface area contributed by atoms with Gasteiger partial charge in [0.15, 0.2) is 0 Å². The van der Waals surface area contributed by atoms with E-state index < -0.39 is 23.6 Å². The Morgan fingerprint density at radius 1 is 1.43 bits per heavy atom. The van der Waals surface area contributed by atoms with E-state index in [9.17, 15) is 18.7 Å². The zero-order valence-corrected chi connectivity index (χ0v) is 12.3. The summed E-state index contributed by atoms with van der Waals surface area (Å²) in [6.07, 6.45) is -0.861. The molecule has 1 atom stereocenters. The lowest BCUT2D eigenvalue weighted by atomic mass is 10.1. The van der Waals surface area contributed by atoms with Crippen LogP contribution in [0.15, 0.2) is 12.1 Å². The van der Waals surface area contributed by atoms with Crippen molar-refractivity contribution in [3.05, 3.63) is 29.3 Å². The van der Waals surface area contributed by atoms with Gasteiger partial charge in [-0.25, -0.2) is 8.78 Å². The number of benzene rings is 1. The number of rotatable bonds is 7. The average Bonchev–Trinajstić information content (AvgIpc) is 2.41. The van der Waals surface area contributed by atoms with Gasteiger partial charge in [0.25, 0.3) is 5.91 Å². The molecule has 1 rings (SSSR count). The van der Waals surface area contributed by atoms with Gasteiger partial charge in [-0.2, -0.15) is 0 Å². The number of anilines is 1. The van der Waals surface area contributed by atoms with Crippen LogP contribution in [0.2, 0.25) is 0 Å². The number of aliphatic hydroxyl groups excluding tert-OH is 1. The molecule has 0 aliphatic heterocycles. The van der Waals surface area contributed by atoms with E-state index >= 15 is 0 Å². The number of nitrogens with one attached hydrogen (secondary N) is 1. The molecular formula is C14H20F2N2O3. The van der Waals surface area contributed by atoms with Crippen LogP contribution in [-0.4, -0.2) is 55.9 Å². The monoisotopic (exact) mass is 302 g/mol. The molecule has 21 heavy (non-hydrogen) atoms. The van der Waals surface area contributed by atoms with Crippen molar-refractivity contribution in [2.24, 2.45) is 0 Å². The Bertz CT molecular complexity index is 474. The predicted molar refractivity (Wildman–Crippen MR) is 75.4 cm³/mol. The van der Waals surface area contributed by atoms with Gasteiger partial charge >= 0.3 is 0 Å². The fourth-order valence-electron chi connectivity index (χ4n) is 1.91. The van der Waals surface area contributed by atoms with Gasteiger partial charge in [0, 0.05) is 32.8 Å². The van der Waals surface area contributed by atoms with Gasteiger partial charge in [-0.05, 0) is 19.1 Å². The lowest BCUT2D eigenvalue weighted by Crippen LogP contribution is -2.36. The first-order chi connectivity index (χ1) is 9.90. The molecule has 0 saturated heterocycles. The van der Waals surface area contributed by atoms with E-state index in [-0.39, 0.29) is 24.4 Å². The maximum absolute atomic E-state index is 13.8. The second-order valence-electron chi connectivity index (χ2n) is 4.64. The maximum Gasteiger partial charge on any atom is 0.253 e. The van der Waals surface area contributed by atoms with Crippen molar-refractivity contribution < 1.29 is 23.4 Å². The molecule has 118 valence electrons. The van der Waals surface area contributed by atoms with Crippen LogP contribution in [0.25, 0.3) is 0 Å². The van der Waals surface area contributed by atoms with Crippen LogP contribution in [0.4, 0.5) is 14.5 Å². The number of amides is 1. The first-order valence-corrected chi connectivity index (χ1v) is 6.56. The lowest BCUT2D eigenvalue weighted by Gasteiger charge is -2.21. The van der Waals surface area contributed by atoms with Crippen molar-refractivity contribution >= 4 is 11.6 Å². The zero-order valence-electron chi connectivity index (χ0n) is 12.3. The molecule has 1 unspecified atom stereocenters. The molecule has 0 aliphatic carbocycles. The largest absolute Gasteiger partial charge is 0.389 e. The number of carbonyl (C=O) groups is 1. The first kappa shape index (κ1) is 17.3. The molecule has 5 nitrogen and oxygen atoms in total. The highest BCUT2D eigenvalue weighted by atomic mass is 19.1. The molecule has 7 heteroatoms. The Balaban J connectivity index is 2.87. The normalized spacial score (nSPS) is 12.1. The molecule has 0 fully saturated rings. The minimum atomic E-state index is -0.861. The van der Waals surface area contributed by atoms with Crippen LogP contribution in [0, 0.1) is 11.6 Å². The molecule has 1 aromatic rings. The van der Waals surface area contributed by atoms with Crippen LogP contribution in [-0.2, 0) is 4.74 Å². The summed E-state index contributed by atoms with van der Waals surface area (Å²) in [6.45, 7) is 2.15. The highest BCUT2D eigenvalue weighted by Gasteiger charge is 2.19. The number of ether oxygens (including phenoxy) is 1. The number of methoxy groups -OCH3 is 1. The van der Waals surface area contributed by atoms with Crippen molar-refractivity contribution in [2.75, 3.05) is 39.2 Å². The quantitative estimate of drug-likeness (QED) is 0.801. The minimum absolute atomic E-state index is 0.00483. The molecule has 0 saturated carbocycles. The topological polar surface area (TPSA) is 61.8 Å². The van der Waals surface area contributed by atoms with E-state index in [0.717, 1.165) is 12.1 Å². The van der Waals surface area contributed by atoms with E-state index in [2.05, 4.69) is 5.32 Å². The van der Waals surface area contributed by atoms with Gasteiger partial charge < -0.3 is 20.1 Å². The Morgan fingerprint density at radius 2 is 2.00 bits per heavy atom. The smallest absolute Gasteiger partial charge is 0.253 e. The average molecular weight is 302 g/mol. The van der Waals surface area contributed by atoms with E-state index in [4.69, 9.17) is 4.74 Å². The van der Waals surface area contributed by atoms with Gasteiger partial charge in [-0.15, -0.1) is 0 Å². The second kappa shape index (κ2) is 7.90. The van der Waals surface area contributed by atoms with Crippen LogP contribution in [0.3, 0.4) is 0 Å². The van der Waals surface area contributed by atoms with E-state index in [0.29, 0.717) is 6.54 Å². The van der Waals surface area contributed by atoms with Crippen molar-refractivity contribution in [1.29, 1.82) is 0 Å². The fourth-order valence-corrected chi connectivity index (χ4v) is 1.91. The van der Waals surface area contributed by atoms with Gasteiger partial charge in [-0.3, -0.25) is 4.79 Å². The molecule has 0 aromatic heterocycles. The van der Waals surface area contributed by atoms with Crippen LogP contribution in [0.1, 0.15) is 17.3 Å². The Kier molecular flexibility index (Phi) is 6.51. The zero-order chi connectivity index (χ0) is 16.0. The summed E-state index contributed by atoms with van der Waals surface area (Å²) in [4.78, 5) is 13.3. The number of halogens is 2. The van der Waals surface area contributed by atoms with E-state index in [1.807, 2.05) is 0 Å². The molecule has 0 heterocycles. The summed E-state index contributed by atoms with van der Waals surface area (Å²) in [5.74, 6) is -2.23. The molecule has 0 aliphatic rings. The Labute approximate surface area is 122 Å². The predicted octanol–water partition coefficient (Wildman–Crippen LogP) is 1.48. The van der Waals surface area contributed by atoms with Crippen molar-refractivity contribution in [3.8, 4) is 0 Å². The van der Waals surface area contributed by atoms with Crippen LogP contribution >= 0.6 is 0 Å². The van der Waals surface area contributed by atoms with Crippen molar-refractivity contribution in [3.63, 3.8) is 0 Å². The molecule has 0 bridgehead atoms. The maximum atomic E-state index is 13.8. The molecule has 1 aromatic carbocycles. The van der Waals surface area contributed by atoms with Gasteiger partial charge in [-0.1, -0.05) is 0 Å². The minimum Gasteiger partial charge on any atom is -0.389 e. The van der Waals surface area contributed by atoms with Gasteiger partial charge in [0.05, 0.1) is 12.7 Å². The molecule has 2 N–H and O–H groups in total. The standard InChI is InChI=1S/C14H20F2N2O3/c1-4-17-13-11(15)5-9(6-12(13)16)14(20)18(2)7-10(19)8-21-3/h5-6,10,17,19H,4,7-8H2,1-3H3. The molecule has 0 radical (unpaired) electrons. The number of aliphatic hydroxyl groups is 1. The van der Waals surface area contributed by atoms with Crippen molar-refractivity contribution in [2.45, 2.75) is 13.0 Å². The third-order valence-electron chi connectivity index (χ3n) is 2.83. The second-order valence-corrected chi connectivity index (χ2v) is 4.64. The Hall–Kier alpha value is -1.73. The highest BCUT2D eigenvalue weighted by Crippen LogP contribution is 2.21. The molecule has 0 spiro atoms. The third kappa shape index (κ3) is 4.64. The Morgan fingerprint density at radius 3 is 2.48 bits per heavy atom. The summed E-state index contributed by atoms with van der Waals surface area (Å²) in [5, 5.41) is 12.1. The first-order valence-electron chi connectivity index (χ1n) is 6.56. The summed E-state index contributed by atoms with van der Waals surface area (Å²) in [7, 11) is 2.87. The lowest BCUT2D eigenvalue weighted by molar-refractivity contribution is 0.0380. The van der Waals surface area contributed by atoms with Crippen molar-refractivity contribution in [1.82, 2.24) is 4.90 Å². The summed E-state index contributed by atoms with van der Waals surface area (Å²) in [6, 6.07) is 1.95. The summed E-state index contributed by atoms with van der Waals surface area (Å²) in [5.41, 5.74) is -0.366. The van der Waals surface area contributed by atoms with E-state index in [1.165, 1.54) is 19.1 Å². The van der Waals surface area contributed by atoms with Crippen LogP contribution in [0.5, 0.6) is 0 Å².